The summed E-state index contributed by atoms with van der Waals surface area (Å²) in [5.74, 6) is 1.65. The molecule has 4 nitrogen and oxygen atoms in total. The molecule has 0 aliphatic carbocycles. The molecule has 0 bridgehead atoms. The van der Waals surface area contributed by atoms with Crippen LogP contribution in [0, 0.1) is 0 Å². The zero-order valence-corrected chi connectivity index (χ0v) is 13.5. The van der Waals surface area contributed by atoms with E-state index in [1.54, 1.807) is 0 Å². The van der Waals surface area contributed by atoms with Gasteiger partial charge in [0.25, 0.3) is 0 Å². The second kappa shape index (κ2) is 7.13. The van der Waals surface area contributed by atoms with Gasteiger partial charge >= 0.3 is 0 Å². The lowest BCUT2D eigenvalue weighted by Gasteiger charge is -2.30. The number of hydrogen-bond acceptors (Lipinski definition) is 4. The minimum Gasteiger partial charge on any atom is -0.457 e. The number of hydrogen-bond donors (Lipinski definition) is 2. The van der Waals surface area contributed by atoms with E-state index >= 15 is 0 Å². The first-order chi connectivity index (χ1) is 11.3. The van der Waals surface area contributed by atoms with Gasteiger partial charge in [0.2, 0.25) is 0 Å². The van der Waals surface area contributed by atoms with Gasteiger partial charge in [0.15, 0.2) is 0 Å². The lowest BCUT2D eigenvalue weighted by molar-refractivity contribution is 0.0894. The van der Waals surface area contributed by atoms with Crippen LogP contribution in [0.2, 0.25) is 0 Å². The van der Waals surface area contributed by atoms with Gasteiger partial charge in [-0.15, -0.1) is 0 Å². The highest BCUT2D eigenvalue weighted by atomic mass is 16.5. The minimum atomic E-state index is 0.140. The van der Waals surface area contributed by atoms with Gasteiger partial charge in [0.1, 0.15) is 11.5 Å². The summed E-state index contributed by atoms with van der Waals surface area (Å²) in [6.45, 7) is 3.63. The number of aliphatic hydroxyl groups excluding tert-OH is 1. The quantitative estimate of drug-likeness (QED) is 0.860. The molecule has 0 aromatic heterocycles. The number of aliphatic hydroxyl groups is 1. The largest absolute Gasteiger partial charge is 0.457 e. The van der Waals surface area contributed by atoms with Crippen LogP contribution in [0.4, 0.5) is 0 Å². The number of nitrogens with two attached hydrogens (primary N) is 1. The number of benzene rings is 2. The first-order valence-electron chi connectivity index (χ1n) is 8.19. The zero-order chi connectivity index (χ0) is 16.2. The molecule has 0 saturated heterocycles. The van der Waals surface area contributed by atoms with Crippen LogP contribution in [0.1, 0.15) is 30.5 Å². The van der Waals surface area contributed by atoms with E-state index in [-0.39, 0.29) is 18.7 Å². The second-order valence-electron chi connectivity index (χ2n) is 5.94. The van der Waals surface area contributed by atoms with Gasteiger partial charge < -0.3 is 15.6 Å². The molecule has 2 unspecified atom stereocenters. The molecule has 2 atom stereocenters. The average Bonchev–Trinajstić information content (AvgIpc) is 2.94. The fraction of sp³-hybridized carbons (Fsp3) is 0.368. The highest BCUT2D eigenvalue weighted by Crippen LogP contribution is 2.38. The molecule has 0 fully saturated rings. The van der Waals surface area contributed by atoms with E-state index in [9.17, 15) is 5.11 Å². The van der Waals surface area contributed by atoms with Crippen molar-refractivity contribution in [3.05, 3.63) is 59.7 Å². The number of nitrogens with zero attached hydrogens (tertiary/aromatic N) is 1. The highest BCUT2D eigenvalue weighted by molar-refractivity contribution is 5.42. The van der Waals surface area contributed by atoms with E-state index in [0.717, 1.165) is 24.5 Å². The molecule has 0 amide bonds. The summed E-state index contributed by atoms with van der Waals surface area (Å²) in [5, 5.41) is 9.62. The van der Waals surface area contributed by atoms with Gasteiger partial charge in [-0.3, -0.25) is 4.90 Å². The maximum atomic E-state index is 9.62. The molecule has 3 N–H and O–H groups in total. The molecule has 1 heterocycles. The summed E-state index contributed by atoms with van der Waals surface area (Å²) in [5.41, 5.74) is 8.51. The van der Waals surface area contributed by atoms with E-state index < -0.39 is 0 Å². The van der Waals surface area contributed by atoms with E-state index in [4.69, 9.17) is 10.5 Å². The van der Waals surface area contributed by atoms with Crippen molar-refractivity contribution in [3.63, 3.8) is 0 Å². The summed E-state index contributed by atoms with van der Waals surface area (Å²) in [7, 11) is 0. The van der Waals surface area contributed by atoms with Crippen molar-refractivity contribution in [2.45, 2.75) is 32.0 Å². The number of fused-ring (bicyclic) bond motifs is 1. The van der Waals surface area contributed by atoms with Gasteiger partial charge in [-0.05, 0) is 41.8 Å². The van der Waals surface area contributed by atoms with Crippen molar-refractivity contribution in [3.8, 4) is 11.5 Å². The second-order valence-corrected chi connectivity index (χ2v) is 5.94. The Balaban J connectivity index is 1.85. The Labute approximate surface area is 137 Å². The molecule has 2 aromatic carbocycles. The maximum absolute atomic E-state index is 9.62. The van der Waals surface area contributed by atoms with Crippen molar-refractivity contribution in [1.29, 1.82) is 0 Å². The zero-order valence-electron chi connectivity index (χ0n) is 13.5. The molecular weight excluding hydrogens is 288 g/mol. The first-order valence-corrected chi connectivity index (χ1v) is 8.19. The summed E-state index contributed by atoms with van der Waals surface area (Å²) >= 11 is 0. The molecule has 4 heteroatoms. The molecule has 2 aromatic rings. The smallest absolute Gasteiger partial charge is 0.127 e. The van der Waals surface area contributed by atoms with Crippen LogP contribution in [-0.4, -0.2) is 29.2 Å². The van der Waals surface area contributed by atoms with Crippen LogP contribution >= 0.6 is 0 Å². The molecule has 3 rings (SSSR count). The Hall–Kier alpha value is -1.88. The first kappa shape index (κ1) is 16.0. The highest BCUT2D eigenvalue weighted by Gasteiger charge is 2.33. The van der Waals surface area contributed by atoms with Crippen molar-refractivity contribution in [2.24, 2.45) is 5.73 Å². The van der Waals surface area contributed by atoms with E-state index in [1.807, 2.05) is 36.4 Å². The molecule has 1 aliphatic heterocycles. The molecule has 23 heavy (non-hydrogen) atoms. The monoisotopic (exact) mass is 312 g/mol. The summed E-state index contributed by atoms with van der Waals surface area (Å²) in [6, 6.07) is 16.3. The lowest BCUT2D eigenvalue weighted by atomic mass is 10.0. The van der Waals surface area contributed by atoms with Gasteiger partial charge in [-0.2, -0.15) is 0 Å². The predicted molar refractivity (Wildman–Crippen MR) is 91.5 cm³/mol. The SMILES string of the molecule is CCC(CO)N1Cc2ccc(Oc3ccccc3)cc2C1CN. The van der Waals surface area contributed by atoms with Crippen molar-refractivity contribution in [1.82, 2.24) is 4.90 Å². The molecule has 0 spiro atoms. The van der Waals surface area contributed by atoms with E-state index in [2.05, 4.69) is 24.0 Å². The van der Waals surface area contributed by atoms with Crippen LogP contribution in [0.5, 0.6) is 11.5 Å². The standard InChI is InChI=1S/C19H24N2O2/c1-2-15(13-22)21-12-14-8-9-17(10-18(14)19(21)11-20)23-16-6-4-3-5-7-16/h3-10,15,19,22H,2,11-13,20H2,1H3. The predicted octanol–water partition coefficient (Wildman–Crippen LogP) is 3.07. The van der Waals surface area contributed by atoms with Crippen LogP contribution < -0.4 is 10.5 Å². The third-order valence-electron chi connectivity index (χ3n) is 4.58. The topological polar surface area (TPSA) is 58.7 Å². The molecule has 0 radical (unpaired) electrons. The summed E-state index contributed by atoms with van der Waals surface area (Å²) in [6.07, 6.45) is 0.911. The fourth-order valence-electron chi connectivity index (χ4n) is 3.32. The van der Waals surface area contributed by atoms with Crippen LogP contribution in [0.15, 0.2) is 48.5 Å². The lowest BCUT2D eigenvalue weighted by Crippen LogP contribution is -2.38. The average molecular weight is 312 g/mol. The minimum absolute atomic E-state index is 0.140. The normalized spacial score (nSPS) is 18.7. The van der Waals surface area contributed by atoms with Crippen LogP contribution in [0.3, 0.4) is 0 Å². The number of ether oxygens (including phenoxy) is 1. The van der Waals surface area contributed by atoms with Gasteiger partial charge in [-0.1, -0.05) is 31.2 Å². The maximum Gasteiger partial charge on any atom is 0.127 e. The third-order valence-corrected chi connectivity index (χ3v) is 4.58. The van der Waals surface area contributed by atoms with Gasteiger partial charge in [0, 0.05) is 25.2 Å². The Morgan fingerprint density at radius 1 is 1.22 bits per heavy atom. The van der Waals surface area contributed by atoms with Crippen LogP contribution in [0.25, 0.3) is 0 Å². The van der Waals surface area contributed by atoms with Crippen molar-refractivity contribution in [2.75, 3.05) is 13.2 Å². The number of para-hydroxylation sites is 1. The summed E-state index contributed by atoms with van der Waals surface area (Å²) < 4.78 is 5.94. The Bertz CT molecular complexity index is 641. The molecule has 122 valence electrons. The number of rotatable bonds is 6. The Kier molecular flexibility index (Phi) is 4.96. The molecule has 1 aliphatic rings. The Morgan fingerprint density at radius 3 is 2.65 bits per heavy atom. The molecular formula is C19H24N2O2. The molecule has 0 saturated carbocycles. The van der Waals surface area contributed by atoms with Crippen molar-refractivity contribution < 1.29 is 9.84 Å². The van der Waals surface area contributed by atoms with E-state index in [0.29, 0.717) is 6.54 Å². The van der Waals surface area contributed by atoms with E-state index in [1.165, 1.54) is 11.1 Å². The third kappa shape index (κ3) is 3.24. The van der Waals surface area contributed by atoms with Crippen molar-refractivity contribution >= 4 is 0 Å². The van der Waals surface area contributed by atoms with Crippen LogP contribution in [-0.2, 0) is 6.54 Å². The summed E-state index contributed by atoms with van der Waals surface area (Å²) in [4.78, 5) is 2.30. The van der Waals surface area contributed by atoms with Gasteiger partial charge in [0.05, 0.1) is 6.61 Å². The Morgan fingerprint density at radius 2 is 2.00 bits per heavy atom. The van der Waals surface area contributed by atoms with Gasteiger partial charge in [-0.25, -0.2) is 0 Å². The fourth-order valence-corrected chi connectivity index (χ4v) is 3.32.